The van der Waals surface area contributed by atoms with Crippen molar-refractivity contribution in [3.05, 3.63) is 88.6 Å². The SMILES string of the molecule is CCc1cc(OCc2ccccc2)cc(C)c1OCCCCn1cc(-c2cc(C=O)c(O)c(C(C)(C)C)c2)nn1. The Kier molecular flexibility index (Phi) is 9.25. The van der Waals surface area contributed by atoms with Crippen molar-refractivity contribution in [1.82, 2.24) is 15.0 Å². The molecule has 0 fully saturated rings. The Morgan fingerprint density at radius 2 is 1.80 bits per heavy atom. The molecule has 3 aromatic carbocycles. The maximum atomic E-state index is 11.5. The summed E-state index contributed by atoms with van der Waals surface area (Å²) in [7, 11) is 0. The van der Waals surface area contributed by atoms with Gasteiger partial charge in [-0.2, -0.15) is 0 Å². The molecule has 0 aliphatic heterocycles. The molecule has 1 aromatic heterocycles. The fraction of sp³-hybridized carbons (Fsp3) is 0.364. The van der Waals surface area contributed by atoms with E-state index >= 15 is 0 Å². The van der Waals surface area contributed by atoms with Gasteiger partial charge in [-0.15, -0.1) is 5.10 Å². The van der Waals surface area contributed by atoms with Crippen LogP contribution in [-0.2, 0) is 25.0 Å². The van der Waals surface area contributed by atoms with E-state index in [0.29, 0.717) is 37.3 Å². The van der Waals surface area contributed by atoms with E-state index in [9.17, 15) is 9.90 Å². The quantitative estimate of drug-likeness (QED) is 0.152. The molecule has 0 saturated heterocycles. The molecular formula is C33H39N3O4. The van der Waals surface area contributed by atoms with Crippen molar-refractivity contribution in [2.45, 2.75) is 72.4 Å². The Morgan fingerprint density at radius 3 is 2.50 bits per heavy atom. The molecule has 4 rings (SSSR count). The third-order valence-corrected chi connectivity index (χ3v) is 6.89. The number of ether oxygens (including phenoxy) is 2. The number of aromatic hydroxyl groups is 1. The zero-order valence-corrected chi connectivity index (χ0v) is 24.1. The Hall–Kier alpha value is -4.13. The van der Waals surface area contributed by atoms with E-state index < -0.39 is 0 Å². The largest absolute Gasteiger partial charge is 0.507 e. The van der Waals surface area contributed by atoms with E-state index in [-0.39, 0.29) is 16.7 Å². The van der Waals surface area contributed by atoms with E-state index in [2.05, 4.69) is 42.4 Å². The Morgan fingerprint density at radius 1 is 1.02 bits per heavy atom. The lowest BCUT2D eigenvalue weighted by atomic mass is 9.84. The highest BCUT2D eigenvalue weighted by Crippen LogP contribution is 2.36. The van der Waals surface area contributed by atoms with Crippen LogP contribution in [0.3, 0.4) is 0 Å². The molecule has 7 heteroatoms. The molecular weight excluding hydrogens is 502 g/mol. The molecule has 40 heavy (non-hydrogen) atoms. The highest BCUT2D eigenvalue weighted by molar-refractivity contribution is 5.83. The number of hydrogen-bond donors (Lipinski definition) is 1. The minimum Gasteiger partial charge on any atom is -0.507 e. The monoisotopic (exact) mass is 541 g/mol. The predicted molar refractivity (Wildman–Crippen MR) is 157 cm³/mol. The third-order valence-electron chi connectivity index (χ3n) is 6.89. The zero-order valence-electron chi connectivity index (χ0n) is 24.1. The van der Waals surface area contributed by atoms with E-state index in [0.717, 1.165) is 53.0 Å². The number of aldehydes is 1. The topological polar surface area (TPSA) is 86.5 Å². The number of rotatable bonds is 12. The zero-order chi connectivity index (χ0) is 28.7. The Labute approximate surface area is 236 Å². The molecule has 0 spiro atoms. The van der Waals surface area contributed by atoms with Crippen LogP contribution >= 0.6 is 0 Å². The normalized spacial score (nSPS) is 11.4. The number of aromatic nitrogens is 3. The standard InChI is InChI=1S/C33H39N3O4/c1-6-25-18-28(40-22-24-12-8-7-9-13-24)16-23(2)32(25)39-15-11-10-14-36-20-30(34-35-36)26-17-27(21-37)31(38)29(19-26)33(3,4)5/h7-9,12-13,16-21,38H,6,10-11,14-15,22H2,1-5H3. The van der Waals surface area contributed by atoms with Crippen molar-refractivity contribution in [3.63, 3.8) is 0 Å². The van der Waals surface area contributed by atoms with Crippen molar-refractivity contribution in [3.8, 4) is 28.5 Å². The molecule has 1 heterocycles. The Bertz CT molecular complexity index is 1440. The van der Waals surface area contributed by atoms with Crippen LogP contribution < -0.4 is 9.47 Å². The number of aryl methyl sites for hydroxylation is 3. The molecule has 0 radical (unpaired) electrons. The van der Waals surface area contributed by atoms with Gasteiger partial charge in [-0.3, -0.25) is 9.48 Å². The second-order valence-corrected chi connectivity index (χ2v) is 11.1. The number of hydrogen-bond acceptors (Lipinski definition) is 6. The van der Waals surface area contributed by atoms with Crippen LogP contribution in [0.2, 0.25) is 0 Å². The molecule has 0 aliphatic carbocycles. The summed E-state index contributed by atoms with van der Waals surface area (Å²) in [5.41, 5.74) is 5.42. The minimum absolute atomic E-state index is 0.0226. The third kappa shape index (κ3) is 7.08. The molecule has 4 aromatic rings. The molecule has 0 saturated carbocycles. The number of benzene rings is 3. The van der Waals surface area contributed by atoms with Crippen LogP contribution in [-0.4, -0.2) is 33.0 Å². The van der Waals surface area contributed by atoms with Crippen LogP contribution in [0.25, 0.3) is 11.3 Å². The van der Waals surface area contributed by atoms with Gasteiger partial charge in [0.15, 0.2) is 6.29 Å². The molecule has 0 bridgehead atoms. The lowest BCUT2D eigenvalue weighted by Crippen LogP contribution is -2.12. The van der Waals surface area contributed by atoms with E-state index in [4.69, 9.17) is 9.47 Å². The van der Waals surface area contributed by atoms with Gasteiger partial charge in [0.2, 0.25) is 0 Å². The molecule has 0 atom stereocenters. The smallest absolute Gasteiger partial charge is 0.153 e. The summed E-state index contributed by atoms with van der Waals surface area (Å²) >= 11 is 0. The van der Waals surface area contributed by atoms with Gasteiger partial charge in [0, 0.05) is 17.7 Å². The first-order chi connectivity index (χ1) is 19.2. The fourth-order valence-corrected chi connectivity index (χ4v) is 4.66. The number of carbonyl (C=O) groups is 1. The molecule has 0 unspecified atom stereocenters. The van der Waals surface area contributed by atoms with Gasteiger partial charge in [0.05, 0.1) is 18.4 Å². The number of phenolic OH excluding ortho intramolecular Hbond substituents is 1. The number of carbonyl (C=O) groups excluding carboxylic acids is 1. The second kappa shape index (κ2) is 12.8. The van der Waals surface area contributed by atoms with Crippen LogP contribution in [0.15, 0.2) is 60.8 Å². The number of nitrogens with zero attached hydrogens (tertiary/aromatic N) is 3. The van der Waals surface area contributed by atoms with Gasteiger partial charge >= 0.3 is 0 Å². The predicted octanol–water partition coefficient (Wildman–Crippen LogP) is 7.07. The highest BCUT2D eigenvalue weighted by atomic mass is 16.5. The van der Waals surface area contributed by atoms with E-state index in [1.54, 1.807) is 10.7 Å². The van der Waals surface area contributed by atoms with Gasteiger partial charge in [0.1, 0.15) is 29.5 Å². The van der Waals surface area contributed by atoms with Crippen molar-refractivity contribution in [2.24, 2.45) is 0 Å². The van der Waals surface area contributed by atoms with Crippen LogP contribution in [0.4, 0.5) is 0 Å². The van der Waals surface area contributed by atoms with Gasteiger partial charge in [-0.1, -0.05) is 63.2 Å². The number of phenols is 1. The molecule has 0 amide bonds. The Balaban J connectivity index is 1.32. The first-order valence-corrected chi connectivity index (χ1v) is 13.9. The van der Waals surface area contributed by atoms with Crippen LogP contribution in [0.5, 0.6) is 17.2 Å². The van der Waals surface area contributed by atoms with Crippen molar-refractivity contribution in [1.29, 1.82) is 0 Å². The molecule has 210 valence electrons. The second-order valence-electron chi connectivity index (χ2n) is 11.1. The summed E-state index contributed by atoms with van der Waals surface area (Å²) in [6.45, 7) is 12.0. The summed E-state index contributed by atoms with van der Waals surface area (Å²) in [6.07, 6.45) is 5.16. The van der Waals surface area contributed by atoms with E-state index in [1.165, 1.54) is 0 Å². The summed E-state index contributed by atoms with van der Waals surface area (Å²) in [4.78, 5) is 11.5. The van der Waals surface area contributed by atoms with Gasteiger partial charge in [-0.25, -0.2) is 0 Å². The average molecular weight is 542 g/mol. The lowest BCUT2D eigenvalue weighted by molar-refractivity contribution is 0.112. The maximum Gasteiger partial charge on any atom is 0.153 e. The first-order valence-electron chi connectivity index (χ1n) is 13.9. The van der Waals surface area contributed by atoms with Gasteiger partial charge in [-0.05, 0) is 72.6 Å². The van der Waals surface area contributed by atoms with Crippen molar-refractivity contribution >= 4 is 6.29 Å². The fourth-order valence-electron chi connectivity index (χ4n) is 4.66. The van der Waals surface area contributed by atoms with Crippen molar-refractivity contribution < 1.29 is 19.4 Å². The summed E-state index contributed by atoms with van der Waals surface area (Å²) in [5, 5.41) is 19.1. The summed E-state index contributed by atoms with van der Waals surface area (Å²) in [5.74, 6) is 1.82. The maximum absolute atomic E-state index is 11.5. The number of unbranched alkanes of at least 4 members (excludes halogenated alkanes) is 1. The highest BCUT2D eigenvalue weighted by Gasteiger charge is 2.22. The van der Waals surface area contributed by atoms with Crippen molar-refractivity contribution in [2.75, 3.05) is 6.61 Å². The molecule has 7 nitrogen and oxygen atoms in total. The van der Waals surface area contributed by atoms with Gasteiger partial charge < -0.3 is 14.6 Å². The molecule has 0 aliphatic rings. The molecule has 1 N–H and O–H groups in total. The first kappa shape index (κ1) is 28.9. The average Bonchev–Trinajstić information content (AvgIpc) is 3.41. The van der Waals surface area contributed by atoms with E-state index in [1.807, 2.05) is 57.3 Å². The van der Waals surface area contributed by atoms with Crippen LogP contribution in [0.1, 0.15) is 73.1 Å². The van der Waals surface area contributed by atoms with Gasteiger partial charge in [0.25, 0.3) is 0 Å². The van der Waals surface area contributed by atoms with Crippen LogP contribution in [0, 0.1) is 6.92 Å². The summed E-state index contributed by atoms with van der Waals surface area (Å²) in [6, 6.07) is 17.8. The minimum atomic E-state index is -0.320. The summed E-state index contributed by atoms with van der Waals surface area (Å²) < 4.78 is 14.1. The lowest BCUT2D eigenvalue weighted by Gasteiger charge is -2.22.